The molecule has 1 aromatic heterocycles. The van der Waals surface area contributed by atoms with Crippen molar-refractivity contribution in [3.63, 3.8) is 0 Å². The van der Waals surface area contributed by atoms with Crippen LogP contribution in [-0.4, -0.2) is 58.0 Å². The minimum absolute atomic E-state index is 0.0167. The summed E-state index contributed by atoms with van der Waals surface area (Å²) in [6.07, 6.45) is 0.435. The summed E-state index contributed by atoms with van der Waals surface area (Å²) in [5, 5.41) is 25.4. The topological polar surface area (TPSA) is 113 Å². The number of nitrogens with zero attached hydrogens (tertiary/aromatic N) is 3. The van der Waals surface area contributed by atoms with Crippen LogP contribution in [-0.2, 0) is 4.74 Å². The Labute approximate surface area is 121 Å². The molecule has 1 unspecified atom stereocenters. The number of carbonyl (C=O) groups is 1. The number of tetrazole rings is 1. The lowest BCUT2D eigenvalue weighted by molar-refractivity contribution is 0.0879. The van der Waals surface area contributed by atoms with Gasteiger partial charge in [-0.2, -0.15) is 5.21 Å². The number of ether oxygens (including phenoxy) is 1. The van der Waals surface area contributed by atoms with Gasteiger partial charge in [0.15, 0.2) is 0 Å². The van der Waals surface area contributed by atoms with E-state index in [0.717, 1.165) is 0 Å². The maximum absolute atomic E-state index is 12.2. The lowest BCUT2D eigenvalue weighted by atomic mass is 10.1. The summed E-state index contributed by atoms with van der Waals surface area (Å²) >= 11 is 0. The average molecular weight is 291 g/mol. The van der Waals surface area contributed by atoms with Crippen molar-refractivity contribution in [1.82, 2.24) is 25.9 Å². The maximum atomic E-state index is 12.2. The fourth-order valence-electron chi connectivity index (χ4n) is 1.91. The van der Waals surface area contributed by atoms with E-state index in [4.69, 9.17) is 9.84 Å². The summed E-state index contributed by atoms with van der Waals surface area (Å²) in [7, 11) is 1.55. The van der Waals surface area contributed by atoms with Gasteiger partial charge >= 0.3 is 0 Å². The lowest BCUT2D eigenvalue weighted by Gasteiger charge is -2.16. The number of H-pyrrole nitrogens is 1. The molecule has 2 aromatic rings. The summed E-state index contributed by atoms with van der Waals surface area (Å²) in [5.41, 5.74) is 1.18. The number of carbonyl (C=O) groups excluding carboxylic acids is 1. The van der Waals surface area contributed by atoms with Crippen molar-refractivity contribution in [2.45, 2.75) is 12.5 Å². The van der Waals surface area contributed by atoms with Crippen LogP contribution in [0.4, 0.5) is 0 Å². The van der Waals surface area contributed by atoms with E-state index in [-0.39, 0.29) is 18.6 Å². The number of rotatable bonds is 7. The standard InChI is InChI=1S/C13H17N5O3/c1-21-8-11(5-6-19)14-13(20)10-4-2-3-9(7-10)12-15-17-18-16-12/h2-4,7,11,19H,5-6,8H2,1H3,(H,14,20)(H,15,16,17,18). The molecule has 0 saturated carbocycles. The Balaban J connectivity index is 2.10. The van der Waals surface area contributed by atoms with Crippen LogP contribution in [0, 0.1) is 0 Å². The van der Waals surface area contributed by atoms with Crippen molar-refractivity contribution in [3.8, 4) is 11.4 Å². The van der Waals surface area contributed by atoms with E-state index in [9.17, 15) is 4.79 Å². The molecular weight excluding hydrogens is 274 g/mol. The van der Waals surface area contributed by atoms with Crippen LogP contribution in [0.2, 0.25) is 0 Å². The van der Waals surface area contributed by atoms with E-state index >= 15 is 0 Å². The first-order valence-electron chi connectivity index (χ1n) is 6.49. The molecule has 0 radical (unpaired) electrons. The Morgan fingerprint density at radius 3 is 3.05 bits per heavy atom. The van der Waals surface area contributed by atoms with Gasteiger partial charge in [-0.1, -0.05) is 12.1 Å². The van der Waals surface area contributed by atoms with Gasteiger partial charge in [0.05, 0.1) is 12.6 Å². The second-order valence-electron chi connectivity index (χ2n) is 4.45. The minimum atomic E-state index is -0.240. The van der Waals surface area contributed by atoms with Crippen molar-refractivity contribution in [2.24, 2.45) is 0 Å². The number of amides is 1. The molecule has 0 fully saturated rings. The first kappa shape index (κ1) is 15.1. The Morgan fingerprint density at radius 2 is 2.38 bits per heavy atom. The summed E-state index contributed by atoms with van der Waals surface area (Å²) in [4.78, 5) is 12.2. The van der Waals surface area contributed by atoms with Crippen LogP contribution in [0.25, 0.3) is 11.4 Å². The van der Waals surface area contributed by atoms with Gasteiger partial charge in [-0.3, -0.25) is 4.79 Å². The quantitative estimate of drug-likeness (QED) is 0.661. The first-order chi connectivity index (χ1) is 10.2. The Bertz CT molecular complexity index is 567. The zero-order valence-corrected chi connectivity index (χ0v) is 11.6. The number of aliphatic hydroxyl groups excluding tert-OH is 1. The van der Waals surface area contributed by atoms with E-state index in [0.29, 0.717) is 30.0 Å². The smallest absolute Gasteiger partial charge is 0.251 e. The van der Waals surface area contributed by atoms with Crippen molar-refractivity contribution in [3.05, 3.63) is 29.8 Å². The third-order valence-corrected chi connectivity index (χ3v) is 2.91. The number of benzene rings is 1. The zero-order chi connectivity index (χ0) is 15.1. The van der Waals surface area contributed by atoms with Crippen LogP contribution in [0.1, 0.15) is 16.8 Å². The van der Waals surface area contributed by atoms with E-state index in [1.807, 2.05) is 0 Å². The van der Waals surface area contributed by atoms with Gasteiger partial charge in [0.2, 0.25) is 5.82 Å². The highest BCUT2D eigenvalue weighted by molar-refractivity contribution is 5.95. The van der Waals surface area contributed by atoms with Crippen molar-refractivity contribution in [1.29, 1.82) is 0 Å². The molecular formula is C13H17N5O3. The SMILES string of the molecule is COCC(CCO)NC(=O)c1cccc(-c2nn[nH]n2)c1. The van der Waals surface area contributed by atoms with Gasteiger partial charge in [-0.25, -0.2) is 0 Å². The number of aliphatic hydroxyl groups is 1. The molecule has 1 aromatic carbocycles. The van der Waals surface area contributed by atoms with Gasteiger partial charge in [0.1, 0.15) is 0 Å². The number of hydrogen-bond donors (Lipinski definition) is 3. The molecule has 8 nitrogen and oxygen atoms in total. The normalized spacial score (nSPS) is 12.1. The Kier molecular flexibility index (Phi) is 5.35. The molecule has 112 valence electrons. The van der Waals surface area contributed by atoms with Crippen molar-refractivity contribution in [2.75, 3.05) is 20.3 Å². The van der Waals surface area contributed by atoms with E-state index in [1.54, 1.807) is 31.4 Å². The number of aromatic amines is 1. The fraction of sp³-hybridized carbons (Fsp3) is 0.385. The fourth-order valence-corrected chi connectivity index (χ4v) is 1.91. The second-order valence-corrected chi connectivity index (χ2v) is 4.45. The average Bonchev–Trinajstić information content (AvgIpc) is 3.02. The molecule has 0 aliphatic heterocycles. The van der Waals surface area contributed by atoms with E-state index < -0.39 is 0 Å². The minimum Gasteiger partial charge on any atom is -0.396 e. The highest BCUT2D eigenvalue weighted by Crippen LogP contribution is 2.15. The highest BCUT2D eigenvalue weighted by atomic mass is 16.5. The van der Waals surface area contributed by atoms with Gasteiger partial charge in [0.25, 0.3) is 5.91 Å². The molecule has 0 bridgehead atoms. The van der Waals surface area contributed by atoms with Gasteiger partial charge in [-0.15, -0.1) is 10.2 Å². The molecule has 1 atom stereocenters. The molecule has 1 amide bonds. The number of aromatic nitrogens is 4. The third kappa shape index (κ3) is 4.07. The van der Waals surface area contributed by atoms with Crippen LogP contribution in [0.5, 0.6) is 0 Å². The molecule has 21 heavy (non-hydrogen) atoms. The first-order valence-corrected chi connectivity index (χ1v) is 6.49. The molecule has 0 saturated heterocycles. The summed E-state index contributed by atoms with van der Waals surface area (Å²) in [6.45, 7) is 0.327. The number of methoxy groups -OCH3 is 1. The third-order valence-electron chi connectivity index (χ3n) is 2.91. The Hall–Kier alpha value is -2.32. The molecule has 8 heteroatoms. The van der Waals surface area contributed by atoms with Crippen LogP contribution in [0.15, 0.2) is 24.3 Å². The lowest BCUT2D eigenvalue weighted by Crippen LogP contribution is -2.38. The molecule has 0 aliphatic carbocycles. The largest absolute Gasteiger partial charge is 0.396 e. The van der Waals surface area contributed by atoms with Gasteiger partial charge in [0, 0.05) is 24.8 Å². The predicted molar refractivity (Wildman–Crippen MR) is 74.4 cm³/mol. The zero-order valence-electron chi connectivity index (χ0n) is 11.6. The highest BCUT2D eigenvalue weighted by Gasteiger charge is 2.14. The van der Waals surface area contributed by atoms with E-state index in [2.05, 4.69) is 25.9 Å². The second kappa shape index (κ2) is 7.46. The summed E-state index contributed by atoms with van der Waals surface area (Å²) in [5.74, 6) is 0.185. The Morgan fingerprint density at radius 1 is 1.52 bits per heavy atom. The summed E-state index contributed by atoms with van der Waals surface area (Å²) in [6, 6.07) is 6.69. The monoisotopic (exact) mass is 291 g/mol. The maximum Gasteiger partial charge on any atom is 0.251 e. The predicted octanol–water partition coefficient (Wildman–Crippen LogP) is -0.00610. The number of hydrogen-bond acceptors (Lipinski definition) is 6. The van der Waals surface area contributed by atoms with Gasteiger partial charge in [-0.05, 0) is 23.8 Å². The van der Waals surface area contributed by atoms with E-state index in [1.165, 1.54) is 0 Å². The van der Waals surface area contributed by atoms with Crippen LogP contribution in [0.3, 0.4) is 0 Å². The number of nitrogens with one attached hydrogen (secondary N) is 2. The summed E-state index contributed by atoms with van der Waals surface area (Å²) < 4.78 is 5.02. The van der Waals surface area contributed by atoms with Crippen molar-refractivity contribution < 1.29 is 14.6 Å². The molecule has 1 heterocycles. The van der Waals surface area contributed by atoms with Crippen molar-refractivity contribution >= 4 is 5.91 Å². The molecule has 0 spiro atoms. The molecule has 2 rings (SSSR count). The van der Waals surface area contributed by atoms with Crippen LogP contribution >= 0.6 is 0 Å². The van der Waals surface area contributed by atoms with Gasteiger partial charge < -0.3 is 15.2 Å². The molecule has 3 N–H and O–H groups in total. The van der Waals surface area contributed by atoms with Crippen LogP contribution < -0.4 is 5.32 Å². The molecule has 0 aliphatic rings.